The van der Waals surface area contributed by atoms with E-state index >= 15 is 0 Å². The predicted molar refractivity (Wildman–Crippen MR) is 86.3 cm³/mol. The standard InChI is InChI=1S/C17H26BrFO/c1-2-3-4-5-6-7-8-9-10-17(20)14-11-12-15(18)16(19)13-14/h11-13,17,20H,2-10H2,1H3. The van der Waals surface area contributed by atoms with Gasteiger partial charge in [0.05, 0.1) is 10.6 Å². The Bertz CT molecular complexity index is 381. The van der Waals surface area contributed by atoms with E-state index in [1.165, 1.54) is 44.6 Å². The first-order valence-corrected chi connectivity index (χ1v) is 8.57. The molecule has 114 valence electrons. The molecule has 1 rings (SSSR count). The zero-order valence-corrected chi connectivity index (χ0v) is 14.0. The molecule has 0 fully saturated rings. The molecular weight excluding hydrogens is 319 g/mol. The van der Waals surface area contributed by atoms with Gasteiger partial charge in [0.25, 0.3) is 0 Å². The molecule has 0 saturated carbocycles. The van der Waals surface area contributed by atoms with E-state index in [2.05, 4.69) is 22.9 Å². The van der Waals surface area contributed by atoms with Crippen molar-refractivity contribution in [2.45, 2.75) is 70.8 Å². The Balaban J connectivity index is 2.13. The molecule has 3 heteroatoms. The van der Waals surface area contributed by atoms with Crippen LogP contribution in [-0.4, -0.2) is 5.11 Å². The number of rotatable bonds is 10. The van der Waals surface area contributed by atoms with Crippen LogP contribution in [0.4, 0.5) is 4.39 Å². The summed E-state index contributed by atoms with van der Waals surface area (Å²) in [4.78, 5) is 0. The summed E-state index contributed by atoms with van der Waals surface area (Å²) >= 11 is 3.12. The Hall–Kier alpha value is -0.410. The lowest BCUT2D eigenvalue weighted by molar-refractivity contribution is 0.163. The lowest BCUT2D eigenvalue weighted by atomic mass is 10.0. The summed E-state index contributed by atoms with van der Waals surface area (Å²) in [5.41, 5.74) is 0.675. The fourth-order valence-electron chi connectivity index (χ4n) is 2.36. The molecule has 0 heterocycles. The zero-order valence-electron chi connectivity index (χ0n) is 12.4. The van der Waals surface area contributed by atoms with Crippen LogP contribution in [0.15, 0.2) is 22.7 Å². The number of hydrogen-bond acceptors (Lipinski definition) is 1. The Kier molecular flexibility index (Phi) is 9.12. The average molecular weight is 345 g/mol. The van der Waals surface area contributed by atoms with Crippen molar-refractivity contribution in [3.63, 3.8) is 0 Å². The van der Waals surface area contributed by atoms with Crippen LogP contribution in [0.3, 0.4) is 0 Å². The van der Waals surface area contributed by atoms with E-state index in [0.29, 0.717) is 10.0 Å². The third-order valence-electron chi connectivity index (χ3n) is 3.66. The van der Waals surface area contributed by atoms with Crippen molar-refractivity contribution in [3.05, 3.63) is 34.1 Å². The van der Waals surface area contributed by atoms with Crippen molar-refractivity contribution in [2.75, 3.05) is 0 Å². The van der Waals surface area contributed by atoms with Gasteiger partial charge < -0.3 is 5.11 Å². The molecule has 0 spiro atoms. The van der Waals surface area contributed by atoms with Crippen LogP contribution in [0, 0.1) is 5.82 Å². The van der Waals surface area contributed by atoms with Gasteiger partial charge in [-0.2, -0.15) is 0 Å². The number of unbranched alkanes of at least 4 members (excludes halogenated alkanes) is 7. The van der Waals surface area contributed by atoms with E-state index in [4.69, 9.17) is 0 Å². The predicted octanol–water partition coefficient (Wildman–Crippen LogP) is 6.15. The van der Waals surface area contributed by atoms with Crippen LogP contribution >= 0.6 is 15.9 Å². The Morgan fingerprint density at radius 1 is 1.05 bits per heavy atom. The fraction of sp³-hybridized carbons (Fsp3) is 0.647. The maximum absolute atomic E-state index is 13.4. The molecule has 0 aliphatic heterocycles. The maximum atomic E-state index is 13.4. The van der Waals surface area contributed by atoms with Crippen molar-refractivity contribution in [2.24, 2.45) is 0 Å². The van der Waals surface area contributed by atoms with Gasteiger partial charge in [0.15, 0.2) is 0 Å². The van der Waals surface area contributed by atoms with Crippen molar-refractivity contribution in [1.82, 2.24) is 0 Å². The van der Waals surface area contributed by atoms with E-state index in [9.17, 15) is 9.50 Å². The quantitative estimate of drug-likeness (QED) is 0.504. The van der Waals surface area contributed by atoms with Crippen LogP contribution < -0.4 is 0 Å². The highest BCUT2D eigenvalue weighted by molar-refractivity contribution is 9.10. The van der Waals surface area contributed by atoms with Crippen LogP contribution in [0.2, 0.25) is 0 Å². The highest BCUT2D eigenvalue weighted by atomic mass is 79.9. The lowest BCUT2D eigenvalue weighted by Crippen LogP contribution is -1.98. The molecule has 20 heavy (non-hydrogen) atoms. The second-order valence-corrected chi connectivity index (χ2v) is 6.31. The summed E-state index contributed by atoms with van der Waals surface area (Å²) in [6.45, 7) is 2.23. The average Bonchev–Trinajstić information content (AvgIpc) is 2.44. The van der Waals surface area contributed by atoms with Crippen LogP contribution in [0.5, 0.6) is 0 Å². The second kappa shape index (κ2) is 10.3. The minimum atomic E-state index is -0.544. The second-order valence-electron chi connectivity index (χ2n) is 5.45. The molecule has 0 aliphatic carbocycles. The molecule has 0 aromatic heterocycles. The van der Waals surface area contributed by atoms with E-state index in [1.54, 1.807) is 12.1 Å². The summed E-state index contributed by atoms with van der Waals surface area (Å²) in [5, 5.41) is 10.0. The molecule has 0 amide bonds. The molecule has 0 saturated heterocycles. The molecule has 1 nitrogen and oxygen atoms in total. The number of aliphatic hydroxyl groups is 1. The molecule has 1 atom stereocenters. The van der Waals surface area contributed by atoms with Gasteiger partial charge in [-0.1, -0.05) is 64.4 Å². The lowest BCUT2D eigenvalue weighted by Gasteiger charge is -2.11. The zero-order chi connectivity index (χ0) is 14.8. The third-order valence-corrected chi connectivity index (χ3v) is 4.30. The summed E-state index contributed by atoms with van der Waals surface area (Å²) in [5.74, 6) is -0.308. The Labute approximate surface area is 130 Å². The largest absolute Gasteiger partial charge is 0.388 e. The SMILES string of the molecule is CCCCCCCCCCC(O)c1ccc(Br)c(F)c1. The van der Waals surface area contributed by atoms with Gasteiger partial charge in [-0.25, -0.2) is 4.39 Å². The van der Waals surface area contributed by atoms with Crippen molar-refractivity contribution in [1.29, 1.82) is 0 Å². The van der Waals surface area contributed by atoms with Gasteiger partial charge in [-0.3, -0.25) is 0 Å². The third kappa shape index (κ3) is 6.85. The molecule has 1 unspecified atom stereocenters. The molecule has 1 aromatic carbocycles. The Morgan fingerprint density at radius 3 is 2.25 bits per heavy atom. The Morgan fingerprint density at radius 2 is 1.65 bits per heavy atom. The van der Waals surface area contributed by atoms with Crippen LogP contribution in [0.1, 0.15) is 76.4 Å². The van der Waals surface area contributed by atoms with Crippen LogP contribution in [-0.2, 0) is 0 Å². The highest BCUT2D eigenvalue weighted by Crippen LogP contribution is 2.24. The maximum Gasteiger partial charge on any atom is 0.137 e. The normalized spacial score (nSPS) is 12.6. The molecule has 0 radical (unpaired) electrons. The topological polar surface area (TPSA) is 20.2 Å². The van der Waals surface area contributed by atoms with E-state index < -0.39 is 6.10 Å². The summed E-state index contributed by atoms with van der Waals surface area (Å²) < 4.78 is 13.8. The molecular formula is C17H26BrFO. The smallest absolute Gasteiger partial charge is 0.137 e. The molecule has 0 aliphatic rings. The summed E-state index contributed by atoms with van der Waals surface area (Å²) in [6.07, 6.45) is 10.2. The first-order valence-electron chi connectivity index (χ1n) is 7.78. The van der Waals surface area contributed by atoms with Gasteiger partial charge in [0.1, 0.15) is 5.82 Å². The monoisotopic (exact) mass is 344 g/mol. The minimum absolute atomic E-state index is 0.308. The molecule has 1 aromatic rings. The number of hydrogen-bond donors (Lipinski definition) is 1. The van der Waals surface area contributed by atoms with Crippen molar-refractivity contribution in [3.8, 4) is 0 Å². The highest BCUT2D eigenvalue weighted by Gasteiger charge is 2.09. The van der Waals surface area contributed by atoms with Gasteiger partial charge in [0.2, 0.25) is 0 Å². The molecule has 0 bridgehead atoms. The van der Waals surface area contributed by atoms with Crippen molar-refractivity contribution < 1.29 is 9.50 Å². The number of aliphatic hydroxyl groups excluding tert-OH is 1. The van der Waals surface area contributed by atoms with Gasteiger partial charge >= 0.3 is 0 Å². The number of benzene rings is 1. The van der Waals surface area contributed by atoms with Crippen molar-refractivity contribution >= 4 is 15.9 Å². The van der Waals surface area contributed by atoms with E-state index in [-0.39, 0.29) is 5.82 Å². The van der Waals surface area contributed by atoms with Gasteiger partial charge in [-0.05, 0) is 40.0 Å². The van der Waals surface area contributed by atoms with E-state index in [0.717, 1.165) is 19.3 Å². The first-order chi connectivity index (χ1) is 9.65. The van der Waals surface area contributed by atoms with Gasteiger partial charge in [-0.15, -0.1) is 0 Å². The fourth-order valence-corrected chi connectivity index (χ4v) is 2.60. The first kappa shape index (κ1) is 17.6. The van der Waals surface area contributed by atoms with Gasteiger partial charge in [0, 0.05) is 0 Å². The van der Waals surface area contributed by atoms with E-state index in [1.807, 2.05) is 0 Å². The molecule has 1 N–H and O–H groups in total. The van der Waals surface area contributed by atoms with Crippen LogP contribution in [0.25, 0.3) is 0 Å². The number of halogens is 2. The summed E-state index contributed by atoms with van der Waals surface area (Å²) in [6, 6.07) is 4.85. The minimum Gasteiger partial charge on any atom is -0.388 e. The summed E-state index contributed by atoms with van der Waals surface area (Å²) in [7, 11) is 0.